The van der Waals surface area contributed by atoms with E-state index in [1.807, 2.05) is 10.6 Å². The van der Waals surface area contributed by atoms with Crippen molar-refractivity contribution < 1.29 is 12.8 Å². The van der Waals surface area contributed by atoms with Gasteiger partial charge in [0.25, 0.3) is 0 Å². The summed E-state index contributed by atoms with van der Waals surface area (Å²) in [5, 5.41) is 3.50. The summed E-state index contributed by atoms with van der Waals surface area (Å²) in [5.74, 6) is 0.839. The SMILES string of the molecule is CS(=O)(=O)c1ccc(-c2cn3cc(C4CCN(C5CCNCC5)[C@@H](C5CCC5)C4)cc(F)c3n2)cc1. The first-order chi connectivity index (χ1) is 17.4. The molecule has 1 saturated carbocycles. The van der Waals surface area contributed by atoms with Crippen LogP contribution < -0.4 is 5.32 Å². The van der Waals surface area contributed by atoms with Crippen molar-refractivity contribution in [1.82, 2.24) is 19.6 Å². The highest BCUT2D eigenvalue weighted by molar-refractivity contribution is 7.90. The minimum atomic E-state index is -3.26. The zero-order valence-corrected chi connectivity index (χ0v) is 21.7. The van der Waals surface area contributed by atoms with Crippen LogP contribution in [-0.4, -0.2) is 60.7 Å². The van der Waals surface area contributed by atoms with E-state index in [0.717, 1.165) is 49.5 Å². The topological polar surface area (TPSA) is 66.7 Å². The Morgan fingerprint density at radius 1 is 1.03 bits per heavy atom. The van der Waals surface area contributed by atoms with E-state index in [1.54, 1.807) is 30.3 Å². The lowest BCUT2D eigenvalue weighted by Gasteiger charge is -2.50. The Morgan fingerprint density at radius 2 is 1.78 bits per heavy atom. The first kappa shape index (κ1) is 24.1. The predicted octanol–water partition coefficient (Wildman–Crippen LogP) is 4.64. The number of nitrogens with one attached hydrogen (secondary N) is 1. The van der Waals surface area contributed by atoms with Crippen molar-refractivity contribution in [2.75, 3.05) is 25.9 Å². The van der Waals surface area contributed by atoms with Gasteiger partial charge >= 0.3 is 0 Å². The molecule has 3 fully saturated rings. The summed E-state index contributed by atoms with van der Waals surface area (Å²) >= 11 is 0. The van der Waals surface area contributed by atoms with Gasteiger partial charge in [0.1, 0.15) is 0 Å². The van der Waals surface area contributed by atoms with Gasteiger partial charge in [-0.2, -0.15) is 0 Å². The van der Waals surface area contributed by atoms with Crippen molar-refractivity contribution in [3.8, 4) is 11.3 Å². The summed E-state index contributed by atoms with van der Waals surface area (Å²) < 4.78 is 40.6. The van der Waals surface area contributed by atoms with Crippen LogP contribution in [0, 0.1) is 11.7 Å². The van der Waals surface area contributed by atoms with E-state index in [-0.39, 0.29) is 10.7 Å². The van der Waals surface area contributed by atoms with Gasteiger partial charge in [0, 0.05) is 36.3 Å². The van der Waals surface area contributed by atoms with E-state index in [4.69, 9.17) is 0 Å². The van der Waals surface area contributed by atoms with Crippen LogP contribution in [-0.2, 0) is 9.84 Å². The Balaban J connectivity index is 1.26. The summed E-state index contributed by atoms with van der Waals surface area (Å²) in [7, 11) is -3.26. The van der Waals surface area contributed by atoms with Crippen molar-refractivity contribution in [2.24, 2.45) is 5.92 Å². The molecule has 2 aliphatic heterocycles. The average Bonchev–Trinajstić information content (AvgIpc) is 3.28. The van der Waals surface area contributed by atoms with Gasteiger partial charge in [-0.15, -0.1) is 0 Å². The van der Waals surface area contributed by atoms with Gasteiger partial charge in [-0.1, -0.05) is 18.6 Å². The molecule has 2 aromatic heterocycles. The second kappa shape index (κ2) is 9.54. The van der Waals surface area contributed by atoms with Gasteiger partial charge in [0.2, 0.25) is 0 Å². The van der Waals surface area contributed by atoms with Crippen LogP contribution in [0.2, 0.25) is 0 Å². The van der Waals surface area contributed by atoms with Crippen molar-refractivity contribution in [3.63, 3.8) is 0 Å². The molecule has 1 unspecified atom stereocenters. The lowest BCUT2D eigenvalue weighted by atomic mass is 9.72. The number of hydrogen-bond acceptors (Lipinski definition) is 5. The minimum absolute atomic E-state index is 0.264. The number of rotatable bonds is 5. The third-order valence-corrected chi connectivity index (χ3v) is 9.86. The Hall–Kier alpha value is -2.29. The Kier molecular flexibility index (Phi) is 6.38. The quantitative estimate of drug-likeness (QED) is 0.542. The fourth-order valence-corrected chi connectivity index (χ4v) is 7.14. The van der Waals surface area contributed by atoms with E-state index in [2.05, 4.69) is 21.4 Å². The average molecular weight is 511 g/mol. The predicted molar refractivity (Wildman–Crippen MR) is 139 cm³/mol. The monoisotopic (exact) mass is 510 g/mol. The molecule has 0 radical (unpaired) electrons. The van der Waals surface area contributed by atoms with E-state index < -0.39 is 9.84 Å². The van der Waals surface area contributed by atoms with Gasteiger partial charge in [0.05, 0.1) is 10.6 Å². The number of benzene rings is 1. The number of pyridine rings is 1. The number of aromatic nitrogens is 2. The number of likely N-dealkylation sites (tertiary alicyclic amines) is 1. The Labute approximate surface area is 212 Å². The first-order valence-corrected chi connectivity index (χ1v) is 15.2. The fourth-order valence-electron chi connectivity index (χ4n) is 6.51. The number of imidazole rings is 1. The van der Waals surface area contributed by atoms with Crippen molar-refractivity contribution >= 4 is 15.5 Å². The third-order valence-electron chi connectivity index (χ3n) is 8.74. The molecule has 4 heterocycles. The maximum absolute atomic E-state index is 15.3. The summed E-state index contributed by atoms with van der Waals surface area (Å²) in [6, 6.07) is 9.60. The van der Waals surface area contributed by atoms with Gasteiger partial charge in [0.15, 0.2) is 21.3 Å². The molecule has 0 bridgehead atoms. The number of fused-ring (bicyclic) bond motifs is 1. The fraction of sp³-hybridized carbons (Fsp3) is 0.536. The number of hydrogen-bond donors (Lipinski definition) is 1. The molecule has 0 amide bonds. The standard InChI is InChI=1S/C28H35FN4O2S/c1-36(34,35)24-7-5-19(6-8-24)26-18-32-17-22(15-25(29)28(32)31-26)21-11-14-33(23-9-12-30-13-10-23)27(16-21)20-3-2-4-20/h5-8,15,17-18,20-21,23,27,30H,2-4,9-14,16H2,1H3/t21?,27-/m1/s1. The molecule has 1 aliphatic carbocycles. The number of piperidine rings is 2. The highest BCUT2D eigenvalue weighted by Crippen LogP contribution is 2.43. The number of nitrogens with zero attached hydrogens (tertiary/aromatic N) is 3. The molecule has 1 aromatic carbocycles. The number of halogens is 1. The molecular formula is C28H35FN4O2S. The normalized spacial score (nSPS) is 24.7. The highest BCUT2D eigenvalue weighted by atomic mass is 32.2. The number of sulfone groups is 1. The smallest absolute Gasteiger partial charge is 0.175 e. The second-order valence-electron chi connectivity index (χ2n) is 11.0. The van der Waals surface area contributed by atoms with Crippen LogP contribution in [0.3, 0.4) is 0 Å². The molecule has 2 saturated heterocycles. The zero-order valence-electron chi connectivity index (χ0n) is 20.9. The molecule has 8 heteroatoms. The molecule has 36 heavy (non-hydrogen) atoms. The van der Waals surface area contributed by atoms with Crippen LogP contribution in [0.1, 0.15) is 56.4 Å². The van der Waals surface area contributed by atoms with Gasteiger partial charge in [-0.3, -0.25) is 4.90 Å². The van der Waals surface area contributed by atoms with Gasteiger partial charge in [-0.05, 0) is 93.8 Å². The van der Waals surface area contributed by atoms with Crippen LogP contribution in [0.15, 0.2) is 47.6 Å². The van der Waals surface area contributed by atoms with Crippen molar-refractivity contribution in [3.05, 3.63) is 54.1 Å². The molecule has 6 nitrogen and oxygen atoms in total. The zero-order chi connectivity index (χ0) is 24.9. The molecule has 1 N–H and O–H groups in total. The van der Waals surface area contributed by atoms with E-state index in [9.17, 15) is 8.42 Å². The molecule has 2 atom stereocenters. The molecule has 192 valence electrons. The lowest BCUT2D eigenvalue weighted by molar-refractivity contribution is 0.0114. The maximum Gasteiger partial charge on any atom is 0.175 e. The Morgan fingerprint density at radius 3 is 2.44 bits per heavy atom. The van der Waals surface area contributed by atoms with E-state index in [0.29, 0.717) is 29.3 Å². The van der Waals surface area contributed by atoms with E-state index >= 15 is 4.39 Å². The minimum Gasteiger partial charge on any atom is -0.317 e. The van der Waals surface area contributed by atoms with Crippen molar-refractivity contribution in [2.45, 2.75) is 67.8 Å². The summed E-state index contributed by atoms with van der Waals surface area (Å²) in [5.41, 5.74) is 2.78. The highest BCUT2D eigenvalue weighted by Gasteiger charge is 2.40. The Bertz CT molecular complexity index is 1340. The lowest BCUT2D eigenvalue weighted by Crippen LogP contribution is -2.54. The molecular weight excluding hydrogens is 475 g/mol. The van der Waals surface area contributed by atoms with Crippen LogP contribution in [0.4, 0.5) is 4.39 Å². The molecule has 0 spiro atoms. The summed E-state index contributed by atoms with van der Waals surface area (Å²) in [6.07, 6.45) is 13.7. The van der Waals surface area contributed by atoms with Crippen LogP contribution >= 0.6 is 0 Å². The van der Waals surface area contributed by atoms with Crippen molar-refractivity contribution in [1.29, 1.82) is 0 Å². The molecule has 3 aliphatic rings. The molecule has 6 rings (SSSR count). The van der Waals surface area contributed by atoms with Crippen LogP contribution in [0.25, 0.3) is 16.9 Å². The third kappa shape index (κ3) is 4.59. The maximum atomic E-state index is 15.3. The summed E-state index contributed by atoms with van der Waals surface area (Å²) in [4.78, 5) is 7.60. The first-order valence-electron chi connectivity index (χ1n) is 13.3. The van der Waals surface area contributed by atoms with Gasteiger partial charge in [-0.25, -0.2) is 17.8 Å². The largest absolute Gasteiger partial charge is 0.317 e. The second-order valence-corrected chi connectivity index (χ2v) is 13.0. The van der Waals surface area contributed by atoms with E-state index in [1.165, 1.54) is 38.4 Å². The van der Waals surface area contributed by atoms with Gasteiger partial charge < -0.3 is 9.72 Å². The summed E-state index contributed by atoms with van der Waals surface area (Å²) in [6.45, 7) is 3.33. The molecule has 3 aromatic rings. The van der Waals surface area contributed by atoms with Crippen LogP contribution in [0.5, 0.6) is 0 Å².